The Bertz CT molecular complexity index is 671. The first-order chi connectivity index (χ1) is 12.9. The minimum atomic E-state index is -0.241. The molecule has 2 amide bonds. The van der Waals surface area contributed by atoms with Crippen LogP contribution in [0.25, 0.3) is 0 Å². The van der Waals surface area contributed by atoms with Crippen LogP contribution in [0, 0.1) is 11.7 Å². The second-order valence-electron chi connectivity index (χ2n) is 8.17. The molecule has 148 valence electrons. The molecular formula is C21H30FN3O2. The third-order valence-corrected chi connectivity index (χ3v) is 6.22. The summed E-state index contributed by atoms with van der Waals surface area (Å²) in [5, 5.41) is 3.14. The van der Waals surface area contributed by atoms with E-state index in [0.717, 1.165) is 37.7 Å². The van der Waals surface area contributed by atoms with E-state index in [-0.39, 0.29) is 35.0 Å². The Hall–Kier alpha value is -1.95. The summed E-state index contributed by atoms with van der Waals surface area (Å²) in [5.74, 6) is -0.517. The van der Waals surface area contributed by atoms with Crippen LogP contribution in [0.15, 0.2) is 24.3 Å². The number of hydrogen-bond donors (Lipinski definition) is 2. The highest BCUT2D eigenvalue weighted by Crippen LogP contribution is 2.40. The van der Waals surface area contributed by atoms with Crippen molar-refractivity contribution in [2.24, 2.45) is 11.7 Å². The van der Waals surface area contributed by atoms with Gasteiger partial charge in [0.1, 0.15) is 5.82 Å². The third-order valence-electron chi connectivity index (χ3n) is 6.22. The normalized spacial score (nSPS) is 25.1. The molecule has 2 fully saturated rings. The van der Waals surface area contributed by atoms with Gasteiger partial charge in [0, 0.05) is 38.0 Å². The van der Waals surface area contributed by atoms with Gasteiger partial charge >= 0.3 is 0 Å². The number of carbonyl (C=O) groups excluding carboxylic acids is 2. The van der Waals surface area contributed by atoms with Gasteiger partial charge in [0.05, 0.1) is 5.92 Å². The molecule has 27 heavy (non-hydrogen) atoms. The Kier molecular flexibility index (Phi) is 6.15. The van der Waals surface area contributed by atoms with Gasteiger partial charge in [-0.2, -0.15) is 0 Å². The Balaban J connectivity index is 1.67. The zero-order valence-corrected chi connectivity index (χ0v) is 16.0. The molecule has 5 nitrogen and oxygen atoms in total. The number of halogens is 1. The van der Waals surface area contributed by atoms with Gasteiger partial charge in [-0.25, -0.2) is 4.39 Å². The smallest absolute Gasteiger partial charge is 0.224 e. The predicted octanol–water partition coefficient (Wildman–Crippen LogP) is 2.34. The lowest BCUT2D eigenvalue weighted by Crippen LogP contribution is -2.45. The van der Waals surface area contributed by atoms with Gasteiger partial charge < -0.3 is 16.0 Å². The van der Waals surface area contributed by atoms with E-state index in [0.29, 0.717) is 26.1 Å². The molecule has 1 saturated carbocycles. The van der Waals surface area contributed by atoms with Crippen LogP contribution in [-0.2, 0) is 15.0 Å². The van der Waals surface area contributed by atoms with Crippen molar-refractivity contribution in [1.29, 1.82) is 0 Å². The number of nitrogens with one attached hydrogen (secondary N) is 1. The molecule has 1 saturated heterocycles. The molecule has 1 aromatic carbocycles. The number of amides is 2. The minimum absolute atomic E-state index is 0.0104. The Morgan fingerprint density at radius 1 is 1.19 bits per heavy atom. The van der Waals surface area contributed by atoms with E-state index >= 15 is 0 Å². The molecule has 1 aliphatic heterocycles. The van der Waals surface area contributed by atoms with E-state index in [1.54, 1.807) is 4.90 Å². The number of hydrogen-bond acceptors (Lipinski definition) is 3. The molecule has 0 radical (unpaired) electrons. The Morgan fingerprint density at radius 3 is 2.48 bits per heavy atom. The van der Waals surface area contributed by atoms with Gasteiger partial charge in [0.25, 0.3) is 0 Å². The van der Waals surface area contributed by atoms with Crippen LogP contribution >= 0.6 is 0 Å². The largest absolute Gasteiger partial charge is 0.355 e. The lowest BCUT2D eigenvalue weighted by molar-refractivity contribution is -0.131. The van der Waals surface area contributed by atoms with Crippen LogP contribution in [0.5, 0.6) is 0 Å². The van der Waals surface area contributed by atoms with Crippen LogP contribution in [0.4, 0.5) is 4.39 Å². The van der Waals surface area contributed by atoms with Gasteiger partial charge in [0.15, 0.2) is 0 Å². The van der Waals surface area contributed by atoms with Crippen molar-refractivity contribution in [3.05, 3.63) is 35.6 Å². The summed E-state index contributed by atoms with van der Waals surface area (Å²) in [6.07, 6.45) is 5.65. The van der Waals surface area contributed by atoms with Crippen molar-refractivity contribution in [2.75, 3.05) is 19.6 Å². The Morgan fingerprint density at radius 2 is 1.85 bits per heavy atom. The first-order valence-corrected chi connectivity index (χ1v) is 9.94. The van der Waals surface area contributed by atoms with E-state index in [1.807, 2.05) is 12.1 Å². The quantitative estimate of drug-likeness (QED) is 0.848. The van der Waals surface area contributed by atoms with E-state index in [4.69, 9.17) is 5.73 Å². The van der Waals surface area contributed by atoms with Crippen LogP contribution in [0.3, 0.4) is 0 Å². The molecule has 2 aliphatic rings. The van der Waals surface area contributed by atoms with Crippen molar-refractivity contribution < 1.29 is 14.0 Å². The van der Waals surface area contributed by atoms with Gasteiger partial charge in [-0.3, -0.25) is 9.59 Å². The fourth-order valence-electron chi connectivity index (χ4n) is 4.52. The molecule has 1 aliphatic carbocycles. The molecule has 0 aromatic heterocycles. The maximum absolute atomic E-state index is 13.3. The number of benzene rings is 1. The Labute approximate surface area is 160 Å². The van der Waals surface area contributed by atoms with Crippen LogP contribution < -0.4 is 11.1 Å². The monoisotopic (exact) mass is 375 g/mol. The summed E-state index contributed by atoms with van der Waals surface area (Å²) in [6, 6.07) is 6.60. The van der Waals surface area contributed by atoms with Gasteiger partial charge in [-0.15, -0.1) is 0 Å². The highest BCUT2D eigenvalue weighted by molar-refractivity contribution is 5.80. The van der Waals surface area contributed by atoms with E-state index in [2.05, 4.69) is 5.32 Å². The fourth-order valence-corrected chi connectivity index (χ4v) is 4.52. The topological polar surface area (TPSA) is 75.4 Å². The first kappa shape index (κ1) is 19.8. The number of likely N-dealkylation sites (tertiary alicyclic amines) is 1. The zero-order valence-electron chi connectivity index (χ0n) is 16.0. The first-order valence-electron chi connectivity index (χ1n) is 9.94. The van der Waals surface area contributed by atoms with E-state index in [9.17, 15) is 14.0 Å². The average Bonchev–Trinajstić information content (AvgIpc) is 3.03. The van der Waals surface area contributed by atoms with Crippen molar-refractivity contribution >= 4 is 11.8 Å². The van der Waals surface area contributed by atoms with Crippen LogP contribution in [-0.4, -0.2) is 42.4 Å². The summed E-state index contributed by atoms with van der Waals surface area (Å²) in [4.78, 5) is 26.4. The molecule has 0 spiro atoms. The SMILES string of the molecule is CC(=O)N1C[C@@H](N)CC[C@@H](C(=O)NCC2(c3ccc(F)cc3)CCCC2)C1. The number of carbonyl (C=O) groups is 2. The molecule has 0 bridgehead atoms. The molecule has 1 heterocycles. The fraction of sp³-hybridized carbons (Fsp3) is 0.619. The lowest BCUT2D eigenvalue weighted by atomic mass is 9.78. The predicted molar refractivity (Wildman–Crippen MR) is 103 cm³/mol. The average molecular weight is 375 g/mol. The van der Waals surface area contributed by atoms with Gasteiger partial charge in [0.2, 0.25) is 11.8 Å². The lowest BCUT2D eigenvalue weighted by Gasteiger charge is -2.31. The summed E-state index contributed by atoms with van der Waals surface area (Å²) in [7, 11) is 0. The highest BCUT2D eigenvalue weighted by Gasteiger charge is 2.37. The minimum Gasteiger partial charge on any atom is -0.355 e. The molecule has 3 N–H and O–H groups in total. The number of nitrogens with two attached hydrogens (primary N) is 1. The summed E-state index contributed by atoms with van der Waals surface area (Å²) < 4.78 is 13.3. The maximum atomic E-state index is 13.3. The molecule has 0 unspecified atom stereocenters. The zero-order chi connectivity index (χ0) is 19.4. The summed E-state index contributed by atoms with van der Waals surface area (Å²) in [6.45, 7) is 3.02. The second kappa shape index (κ2) is 8.38. The van der Waals surface area contributed by atoms with Crippen molar-refractivity contribution in [3.8, 4) is 0 Å². The van der Waals surface area contributed by atoms with Gasteiger partial charge in [-0.05, 0) is 43.4 Å². The van der Waals surface area contributed by atoms with Crippen LogP contribution in [0.2, 0.25) is 0 Å². The highest BCUT2D eigenvalue weighted by atomic mass is 19.1. The molecule has 6 heteroatoms. The van der Waals surface area contributed by atoms with E-state index < -0.39 is 0 Å². The van der Waals surface area contributed by atoms with Crippen molar-refractivity contribution in [3.63, 3.8) is 0 Å². The van der Waals surface area contributed by atoms with Crippen molar-refractivity contribution in [1.82, 2.24) is 10.2 Å². The molecule has 1 aromatic rings. The van der Waals surface area contributed by atoms with Crippen LogP contribution in [0.1, 0.15) is 51.0 Å². The standard InChI is InChI=1S/C21H30FN3O2/c1-15(26)25-12-16(4-9-19(23)13-25)20(27)24-14-21(10-2-3-11-21)17-5-7-18(22)8-6-17/h5-8,16,19H,2-4,9-14,23H2,1H3,(H,24,27)/t16-,19+/m1/s1. The summed E-state index contributed by atoms with van der Waals surface area (Å²) >= 11 is 0. The molecule has 3 rings (SSSR count). The number of nitrogens with zero attached hydrogens (tertiary/aromatic N) is 1. The van der Waals surface area contributed by atoms with E-state index in [1.165, 1.54) is 19.1 Å². The van der Waals surface area contributed by atoms with Crippen molar-refractivity contribution in [2.45, 2.75) is 56.9 Å². The second-order valence-corrected chi connectivity index (χ2v) is 8.17. The molecular weight excluding hydrogens is 345 g/mol. The molecule has 2 atom stereocenters. The summed E-state index contributed by atoms with van der Waals surface area (Å²) in [5.41, 5.74) is 7.02. The van der Waals surface area contributed by atoms with Gasteiger partial charge in [-0.1, -0.05) is 25.0 Å². The number of rotatable bonds is 4. The third kappa shape index (κ3) is 4.67. The maximum Gasteiger partial charge on any atom is 0.224 e.